The summed E-state index contributed by atoms with van der Waals surface area (Å²) in [5.41, 5.74) is 0.996. The number of carbonyl (C=O) groups excluding carboxylic acids is 1. The van der Waals surface area contributed by atoms with Crippen molar-refractivity contribution >= 4 is 22.6 Å². The Morgan fingerprint density at radius 1 is 1.27 bits per heavy atom. The largest absolute Gasteiger partial charge is 0.378 e. The van der Waals surface area contributed by atoms with E-state index in [2.05, 4.69) is 14.7 Å². The topological polar surface area (TPSA) is 67.4 Å². The van der Waals surface area contributed by atoms with E-state index in [0.29, 0.717) is 45.1 Å². The molecule has 22 heavy (non-hydrogen) atoms. The second kappa shape index (κ2) is 7.33. The maximum absolute atomic E-state index is 12.0. The van der Waals surface area contributed by atoms with Crippen LogP contribution < -0.4 is 5.32 Å². The molecule has 1 saturated heterocycles. The number of rotatable bonds is 5. The van der Waals surface area contributed by atoms with Crippen LogP contribution in [-0.2, 0) is 9.53 Å². The Balaban J connectivity index is 1.48. The van der Waals surface area contributed by atoms with E-state index in [1.807, 2.05) is 35.2 Å². The molecule has 116 valence electrons. The predicted molar refractivity (Wildman–Crippen MR) is 85.9 cm³/mol. The summed E-state index contributed by atoms with van der Waals surface area (Å²) < 4.78 is 9.57. The molecular formula is C15H18N4O2S. The summed E-state index contributed by atoms with van der Waals surface area (Å²) in [6.45, 7) is 3.22. The maximum atomic E-state index is 12.0. The quantitative estimate of drug-likeness (QED) is 0.911. The molecule has 0 bridgehead atoms. The minimum Gasteiger partial charge on any atom is -0.378 e. The first-order valence-corrected chi connectivity index (χ1v) is 8.09. The smallest absolute Gasteiger partial charge is 0.224 e. The fraction of sp³-hybridized carbons (Fsp3) is 0.400. The summed E-state index contributed by atoms with van der Waals surface area (Å²) in [7, 11) is 0. The van der Waals surface area contributed by atoms with Crippen molar-refractivity contribution in [2.45, 2.75) is 6.42 Å². The van der Waals surface area contributed by atoms with E-state index in [1.54, 1.807) is 0 Å². The molecule has 1 aromatic heterocycles. The third-order valence-electron chi connectivity index (χ3n) is 3.44. The van der Waals surface area contributed by atoms with E-state index in [-0.39, 0.29) is 5.91 Å². The van der Waals surface area contributed by atoms with Gasteiger partial charge in [-0.1, -0.05) is 30.3 Å². The zero-order valence-electron chi connectivity index (χ0n) is 12.2. The van der Waals surface area contributed by atoms with Crippen molar-refractivity contribution in [1.29, 1.82) is 0 Å². The fourth-order valence-electron chi connectivity index (χ4n) is 2.25. The predicted octanol–water partition coefficient (Wildman–Crippen LogP) is 1.87. The molecule has 3 rings (SSSR count). The van der Waals surface area contributed by atoms with Gasteiger partial charge in [0.1, 0.15) is 0 Å². The molecule has 1 aliphatic rings. The molecule has 0 aliphatic carbocycles. The second-order valence-corrected chi connectivity index (χ2v) is 5.71. The Morgan fingerprint density at radius 2 is 2.05 bits per heavy atom. The number of benzene rings is 1. The van der Waals surface area contributed by atoms with Gasteiger partial charge in [-0.15, -0.1) is 0 Å². The average Bonchev–Trinajstić information content (AvgIpc) is 3.05. The van der Waals surface area contributed by atoms with Crippen molar-refractivity contribution in [3.8, 4) is 11.4 Å². The van der Waals surface area contributed by atoms with Gasteiger partial charge in [-0.25, -0.2) is 0 Å². The summed E-state index contributed by atoms with van der Waals surface area (Å²) in [5.74, 6) is 0.871. The number of aromatic nitrogens is 2. The van der Waals surface area contributed by atoms with Crippen molar-refractivity contribution in [3.63, 3.8) is 0 Å². The van der Waals surface area contributed by atoms with Gasteiger partial charge in [0.25, 0.3) is 0 Å². The Morgan fingerprint density at radius 3 is 2.82 bits per heavy atom. The summed E-state index contributed by atoms with van der Waals surface area (Å²) in [5, 5.41) is 3.92. The van der Waals surface area contributed by atoms with Crippen molar-refractivity contribution < 1.29 is 9.53 Å². The van der Waals surface area contributed by atoms with Crippen molar-refractivity contribution in [3.05, 3.63) is 30.3 Å². The van der Waals surface area contributed by atoms with E-state index >= 15 is 0 Å². The molecule has 7 heteroatoms. The Bertz CT molecular complexity index is 611. The lowest BCUT2D eigenvalue weighted by atomic mass is 10.2. The molecular weight excluding hydrogens is 300 g/mol. The zero-order valence-corrected chi connectivity index (χ0v) is 13.0. The first kappa shape index (κ1) is 14.9. The first-order valence-electron chi connectivity index (χ1n) is 7.31. The minimum atomic E-state index is 0.156. The molecule has 1 N–H and O–H groups in total. The van der Waals surface area contributed by atoms with Crippen LogP contribution in [0.4, 0.5) is 5.13 Å². The van der Waals surface area contributed by atoms with E-state index in [0.717, 1.165) is 10.7 Å². The minimum absolute atomic E-state index is 0.156. The normalized spacial score (nSPS) is 14.8. The first-order chi connectivity index (χ1) is 10.8. The van der Waals surface area contributed by atoms with Crippen LogP contribution in [0.25, 0.3) is 11.4 Å². The molecule has 1 aromatic carbocycles. The fourth-order valence-corrected chi connectivity index (χ4v) is 2.86. The lowest BCUT2D eigenvalue weighted by Crippen LogP contribution is -2.41. The highest BCUT2D eigenvalue weighted by Crippen LogP contribution is 2.20. The van der Waals surface area contributed by atoms with Gasteiger partial charge in [0, 0.05) is 43.2 Å². The van der Waals surface area contributed by atoms with E-state index in [9.17, 15) is 4.79 Å². The SMILES string of the molecule is O=C(CCNc1nc(-c2ccccc2)ns1)N1CCOCC1. The monoisotopic (exact) mass is 318 g/mol. The van der Waals surface area contributed by atoms with Crippen LogP contribution in [0.3, 0.4) is 0 Å². The highest BCUT2D eigenvalue weighted by atomic mass is 32.1. The van der Waals surface area contributed by atoms with E-state index < -0.39 is 0 Å². The Labute approximate surface area is 133 Å². The van der Waals surface area contributed by atoms with Gasteiger partial charge >= 0.3 is 0 Å². The molecule has 2 heterocycles. The van der Waals surface area contributed by atoms with Gasteiger partial charge < -0.3 is 15.0 Å². The average molecular weight is 318 g/mol. The standard InChI is InChI=1S/C15H18N4O2S/c20-13(19-8-10-21-11-9-19)6-7-16-15-17-14(18-22-15)12-4-2-1-3-5-12/h1-5H,6-11H2,(H,16,17,18). The van der Waals surface area contributed by atoms with Crippen LogP contribution in [0.15, 0.2) is 30.3 Å². The number of carbonyl (C=O) groups is 1. The molecule has 1 aliphatic heterocycles. The van der Waals surface area contributed by atoms with Crippen LogP contribution in [0, 0.1) is 0 Å². The van der Waals surface area contributed by atoms with Crippen molar-refractivity contribution in [2.75, 3.05) is 38.2 Å². The summed E-state index contributed by atoms with van der Waals surface area (Å²) >= 11 is 1.31. The van der Waals surface area contributed by atoms with Crippen LogP contribution in [0.5, 0.6) is 0 Å². The van der Waals surface area contributed by atoms with E-state index in [1.165, 1.54) is 11.5 Å². The van der Waals surface area contributed by atoms with Crippen LogP contribution in [0.1, 0.15) is 6.42 Å². The van der Waals surface area contributed by atoms with Gasteiger partial charge in [0.05, 0.1) is 13.2 Å². The number of morpholine rings is 1. The molecule has 1 fully saturated rings. The van der Waals surface area contributed by atoms with E-state index in [4.69, 9.17) is 4.74 Å². The third kappa shape index (κ3) is 3.80. The van der Waals surface area contributed by atoms with Crippen LogP contribution >= 0.6 is 11.5 Å². The lowest BCUT2D eigenvalue weighted by molar-refractivity contribution is -0.134. The molecule has 0 atom stereocenters. The molecule has 0 spiro atoms. The molecule has 0 unspecified atom stereocenters. The molecule has 0 radical (unpaired) electrons. The van der Waals surface area contributed by atoms with Crippen molar-refractivity contribution in [2.24, 2.45) is 0 Å². The van der Waals surface area contributed by atoms with Crippen LogP contribution in [0.2, 0.25) is 0 Å². The highest BCUT2D eigenvalue weighted by molar-refractivity contribution is 7.09. The third-order valence-corrected chi connectivity index (χ3v) is 4.11. The number of hydrogen-bond donors (Lipinski definition) is 1. The van der Waals surface area contributed by atoms with Crippen molar-refractivity contribution in [1.82, 2.24) is 14.3 Å². The summed E-state index contributed by atoms with van der Waals surface area (Å²) in [6.07, 6.45) is 0.459. The van der Waals surface area contributed by atoms with Gasteiger partial charge in [-0.3, -0.25) is 4.79 Å². The molecule has 2 aromatic rings. The molecule has 1 amide bonds. The number of nitrogens with one attached hydrogen (secondary N) is 1. The second-order valence-electron chi connectivity index (χ2n) is 4.96. The summed E-state index contributed by atoms with van der Waals surface area (Å²) in [4.78, 5) is 18.3. The number of amides is 1. The Kier molecular flexibility index (Phi) is 4.97. The lowest BCUT2D eigenvalue weighted by Gasteiger charge is -2.26. The van der Waals surface area contributed by atoms with Gasteiger partial charge in [0.2, 0.25) is 11.0 Å². The molecule has 0 saturated carbocycles. The number of anilines is 1. The highest BCUT2D eigenvalue weighted by Gasteiger charge is 2.16. The number of ether oxygens (including phenoxy) is 1. The van der Waals surface area contributed by atoms with Crippen LogP contribution in [-0.4, -0.2) is 53.0 Å². The summed E-state index contributed by atoms with van der Waals surface area (Å²) in [6, 6.07) is 9.85. The maximum Gasteiger partial charge on any atom is 0.224 e. The van der Waals surface area contributed by atoms with Gasteiger partial charge in [-0.2, -0.15) is 9.36 Å². The number of nitrogens with zero attached hydrogens (tertiary/aromatic N) is 3. The Hall–Kier alpha value is -1.99. The molecule has 6 nitrogen and oxygen atoms in total. The van der Waals surface area contributed by atoms with Gasteiger partial charge in [0.15, 0.2) is 5.82 Å². The zero-order chi connectivity index (χ0) is 15.2. The number of hydrogen-bond acceptors (Lipinski definition) is 6. The van der Waals surface area contributed by atoms with Gasteiger partial charge in [-0.05, 0) is 0 Å².